The summed E-state index contributed by atoms with van der Waals surface area (Å²) in [6.07, 6.45) is 1.33. The van der Waals surface area contributed by atoms with Crippen molar-refractivity contribution in [3.63, 3.8) is 0 Å². The van der Waals surface area contributed by atoms with E-state index in [1.54, 1.807) is 0 Å². The summed E-state index contributed by atoms with van der Waals surface area (Å²) in [5, 5.41) is 2.83. The van der Waals surface area contributed by atoms with Gasteiger partial charge < -0.3 is 11.1 Å². The van der Waals surface area contributed by atoms with Crippen LogP contribution >= 0.6 is 0 Å². The molecular weight excluding hydrogens is 188 g/mol. The van der Waals surface area contributed by atoms with Gasteiger partial charge in [-0.15, -0.1) is 0 Å². The van der Waals surface area contributed by atoms with Crippen LogP contribution in [-0.4, -0.2) is 11.9 Å². The number of nitrogens with one attached hydrogen (secondary N) is 1. The Hall–Kier alpha value is -1.35. The average Bonchev–Trinajstić information content (AvgIpc) is 2.16. The van der Waals surface area contributed by atoms with Crippen molar-refractivity contribution in [2.24, 2.45) is 5.73 Å². The third-order valence-corrected chi connectivity index (χ3v) is 2.13. The third kappa shape index (κ3) is 4.13. The van der Waals surface area contributed by atoms with Crippen molar-refractivity contribution in [1.82, 2.24) is 0 Å². The normalized spacial score (nSPS) is 12.2. The first-order valence-corrected chi connectivity index (χ1v) is 5.26. The molecule has 1 unspecified atom stereocenters. The van der Waals surface area contributed by atoms with E-state index in [0.717, 1.165) is 12.1 Å². The van der Waals surface area contributed by atoms with Gasteiger partial charge in [0.05, 0.1) is 0 Å². The average molecular weight is 206 g/mol. The summed E-state index contributed by atoms with van der Waals surface area (Å²) < 4.78 is 0. The number of anilines is 1. The Kier molecular flexibility index (Phi) is 4.31. The topological polar surface area (TPSA) is 55.1 Å². The molecule has 0 aliphatic rings. The van der Waals surface area contributed by atoms with E-state index in [-0.39, 0.29) is 11.9 Å². The van der Waals surface area contributed by atoms with Crippen LogP contribution in [0.2, 0.25) is 0 Å². The van der Waals surface area contributed by atoms with Crippen molar-refractivity contribution in [3.8, 4) is 0 Å². The maximum absolute atomic E-state index is 11.4. The van der Waals surface area contributed by atoms with E-state index in [9.17, 15) is 4.79 Å². The van der Waals surface area contributed by atoms with Crippen LogP contribution in [0.3, 0.4) is 0 Å². The Bertz CT molecular complexity index is 334. The summed E-state index contributed by atoms with van der Waals surface area (Å²) in [5.41, 5.74) is 7.61. The zero-order valence-corrected chi connectivity index (χ0v) is 9.29. The molecule has 3 nitrogen and oxygen atoms in total. The molecular formula is C12H18N2O. The SMILES string of the molecule is CCc1cccc(NC(=O)CC(C)N)c1. The number of carbonyl (C=O) groups excluding carboxylic acids is 1. The quantitative estimate of drug-likeness (QED) is 0.790. The summed E-state index contributed by atoms with van der Waals surface area (Å²) in [6, 6.07) is 7.76. The van der Waals surface area contributed by atoms with Gasteiger partial charge in [0.15, 0.2) is 0 Å². The van der Waals surface area contributed by atoms with Crippen molar-refractivity contribution in [3.05, 3.63) is 29.8 Å². The Morgan fingerprint density at radius 3 is 2.87 bits per heavy atom. The Labute approximate surface area is 90.7 Å². The van der Waals surface area contributed by atoms with Crippen LogP contribution in [0.1, 0.15) is 25.8 Å². The molecule has 0 aromatic heterocycles. The Morgan fingerprint density at radius 2 is 2.27 bits per heavy atom. The number of rotatable bonds is 4. The largest absolute Gasteiger partial charge is 0.327 e. The van der Waals surface area contributed by atoms with Gasteiger partial charge >= 0.3 is 0 Å². The highest BCUT2D eigenvalue weighted by molar-refractivity contribution is 5.91. The summed E-state index contributed by atoms with van der Waals surface area (Å²) in [4.78, 5) is 11.4. The zero-order valence-electron chi connectivity index (χ0n) is 9.29. The van der Waals surface area contributed by atoms with Crippen LogP contribution in [0.5, 0.6) is 0 Å². The lowest BCUT2D eigenvalue weighted by Crippen LogP contribution is -2.23. The molecule has 1 aromatic carbocycles. The van der Waals surface area contributed by atoms with Gasteiger partial charge in [0.25, 0.3) is 0 Å². The molecule has 0 radical (unpaired) electrons. The van der Waals surface area contributed by atoms with E-state index in [2.05, 4.69) is 12.2 Å². The molecule has 1 amide bonds. The lowest BCUT2D eigenvalue weighted by Gasteiger charge is -2.08. The second-order valence-electron chi connectivity index (χ2n) is 3.78. The van der Waals surface area contributed by atoms with Crippen LogP contribution in [0.15, 0.2) is 24.3 Å². The van der Waals surface area contributed by atoms with Crippen LogP contribution in [0.25, 0.3) is 0 Å². The van der Waals surface area contributed by atoms with Gasteiger partial charge in [-0.1, -0.05) is 19.1 Å². The van der Waals surface area contributed by atoms with Gasteiger partial charge in [-0.25, -0.2) is 0 Å². The predicted octanol–water partition coefficient (Wildman–Crippen LogP) is 1.92. The number of benzene rings is 1. The number of nitrogens with two attached hydrogens (primary N) is 1. The fraction of sp³-hybridized carbons (Fsp3) is 0.417. The molecule has 0 heterocycles. The summed E-state index contributed by atoms with van der Waals surface area (Å²) in [6.45, 7) is 3.91. The molecule has 0 saturated heterocycles. The number of hydrogen-bond donors (Lipinski definition) is 2. The van der Waals surface area contributed by atoms with Crippen molar-refractivity contribution >= 4 is 11.6 Å². The van der Waals surface area contributed by atoms with E-state index in [1.165, 1.54) is 5.56 Å². The second-order valence-corrected chi connectivity index (χ2v) is 3.78. The molecule has 0 saturated carbocycles. The summed E-state index contributed by atoms with van der Waals surface area (Å²) in [5.74, 6) is -0.0294. The fourth-order valence-electron chi connectivity index (χ4n) is 1.37. The van der Waals surface area contributed by atoms with Crippen molar-refractivity contribution in [1.29, 1.82) is 0 Å². The van der Waals surface area contributed by atoms with Gasteiger partial charge in [-0.2, -0.15) is 0 Å². The van der Waals surface area contributed by atoms with E-state index in [4.69, 9.17) is 5.73 Å². The van der Waals surface area contributed by atoms with E-state index >= 15 is 0 Å². The number of aryl methyl sites for hydroxylation is 1. The van der Waals surface area contributed by atoms with E-state index in [1.807, 2.05) is 31.2 Å². The van der Waals surface area contributed by atoms with Crippen molar-refractivity contribution in [2.45, 2.75) is 32.7 Å². The summed E-state index contributed by atoms with van der Waals surface area (Å²) in [7, 11) is 0. The third-order valence-electron chi connectivity index (χ3n) is 2.13. The van der Waals surface area contributed by atoms with Gasteiger partial charge in [-0.05, 0) is 31.0 Å². The maximum atomic E-state index is 11.4. The lowest BCUT2D eigenvalue weighted by atomic mass is 10.1. The fourth-order valence-corrected chi connectivity index (χ4v) is 1.37. The van der Waals surface area contributed by atoms with Crippen LogP contribution < -0.4 is 11.1 Å². The molecule has 1 rings (SSSR count). The smallest absolute Gasteiger partial charge is 0.225 e. The molecule has 0 bridgehead atoms. The monoisotopic (exact) mass is 206 g/mol. The van der Waals surface area contributed by atoms with Crippen molar-refractivity contribution < 1.29 is 4.79 Å². The highest BCUT2D eigenvalue weighted by atomic mass is 16.1. The first-order valence-electron chi connectivity index (χ1n) is 5.26. The number of carbonyl (C=O) groups is 1. The van der Waals surface area contributed by atoms with Crippen LogP contribution in [0, 0.1) is 0 Å². The first-order chi connectivity index (χ1) is 7.11. The minimum Gasteiger partial charge on any atom is -0.327 e. The van der Waals surface area contributed by atoms with Gasteiger partial charge in [0.1, 0.15) is 0 Å². The minimum atomic E-state index is -0.0978. The maximum Gasteiger partial charge on any atom is 0.225 e. The summed E-state index contributed by atoms with van der Waals surface area (Å²) >= 11 is 0. The molecule has 1 aromatic rings. The molecule has 0 fully saturated rings. The predicted molar refractivity (Wildman–Crippen MR) is 62.7 cm³/mol. The molecule has 0 aliphatic heterocycles. The Morgan fingerprint density at radius 1 is 1.53 bits per heavy atom. The highest BCUT2D eigenvalue weighted by Gasteiger charge is 2.05. The lowest BCUT2D eigenvalue weighted by molar-refractivity contribution is -0.116. The molecule has 0 aliphatic carbocycles. The minimum absolute atomic E-state index is 0.0294. The zero-order chi connectivity index (χ0) is 11.3. The van der Waals surface area contributed by atoms with E-state index in [0.29, 0.717) is 6.42 Å². The van der Waals surface area contributed by atoms with Crippen LogP contribution in [-0.2, 0) is 11.2 Å². The standard InChI is InChI=1S/C12H18N2O/c1-3-10-5-4-6-11(8-10)14-12(15)7-9(2)13/h4-6,8-9H,3,7,13H2,1-2H3,(H,14,15). The van der Waals surface area contributed by atoms with Gasteiger partial charge in [0.2, 0.25) is 5.91 Å². The first kappa shape index (κ1) is 11.7. The molecule has 3 heteroatoms. The molecule has 15 heavy (non-hydrogen) atoms. The van der Waals surface area contributed by atoms with Gasteiger partial charge in [-0.3, -0.25) is 4.79 Å². The van der Waals surface area contributed by atoms with Gasteiger partial charge in [0, 0.05) is 18.2 Å². The highest BCUT2D eigenvalue weighted by Crippen LogP contribution is 2.11. The second kappa shape index (κ2) is 5.51. The van der Waals surface area contributed by atoms with Crippen molar-refractivity contribution in [2.75, 3.05) is 5.32 Å². The molecule has 1 atom stereocenters. The molecule has 82 valence electrons. The molecule has 0 spiro atoms. The number of amides is 1. The Balaban J connectivity index is 2.60. The molecule has 3 N–H and O–H groups in total. The van der Waals surface area contributed by atoms with E-state index < -0.39 is 0 Å². The van der Waals surface area contributed by atoms with Crippen LogP contribution in [0.4, 0.5) is 5.69 Å². The number of hydrogen-bond acceptors (Lipinski definition) is 2.